The molecule has 1 amide bonds. The molecule has 0 fully saturated rings. The largest absolute Gasteiger partial charge is 0.465 e. The van der Waals surface area contributed by atoms with Gasteiger partial charge in [-0.05, 0) is 30.3 Å². The Bertz CT molecular complexity index is 783. The molecule has 0 aliphatic rings. The summed E-state index contributed by atoms with van der Waals surface area (Å²) in [6.45, 7) is 0. The summed E-state index contributed by atoms with van der Waals surface area (Å²) in [6.07, 6.45) is 3.88. The maximum Gasteiger partial charge on any atom is 0.341 e. The van der Waals surface area contributed by atoms with E-state index < -0.39 is 26.4 Å². The van der Waals surface area contributed by atoms with Crippen LogP contribution in [-0.4, -0.2) is 20.1 Å². The van der Waals surface area contributed by atoms with Crippen molar-refractivity contribution in [3.63, 3.8) is 0 Å². The summed E-state index contributed by atoms with van der Waals surface area (Å²) in [5, 5.41) is 2.25. The smallest absolute Gasteiger partial charge is 0.341 e. The number of anilines is 1. The zero-order chi connectivity index (χ0) is 16.2. The van der Waals surface area contributed by atoms with Gasteiger partial charge in [-0.15, -0.1) is 0 Å². The quantitative estimate of drug-likeness (QED) is 0.857. The zero-order valence-electron chi connectivity index (χ0n) is 11.1. The minimum atomic E-state index is -4.80. The van der Waals surface area contributed by atoms with Gasteiger partial charge < -0.3 is 9.73 Å². The van der Waals surface area contributed by atoms with Crippen LogP contribution in [0.2, 0.25) is 0 Å². The number of furan rings is 1. The number of sulfone groups is 1. The number of hydrogen-bond acceptors (Lipinski definition) is 4. The van der Waals surface area contributed by atoms with Crippen LogP contribution < -0.4 is 5.32 Å². The Balaban J connectivity index is 2.22. The number of nitrogens with one attached hydrogen (secondary N) is 1. The van der Waals surface area contributed by atoms with E-state index >= 15 is 0 Å². The molecule has 22 heavy (non-hydrogen) atoms. The number of benzene rings is 1. The van der Waals surface area contributed by atoms with Gasteiger partial charge in [-0.1, -0.05) is 12.1 Å². The number of amides is 1. The summed E-state index contributed by atoms with van der Waals surface area (Å²) >= 11 is 0. The molecule has 0 saturated carbocycles. The van der Waals surface area contributed by atoms with Crippen molar-refractivity contribution in [1.29, 1.82) is 0 Å². The van der Waals surface area contributed by atoms with Crippen LogP contribution in [0.1, 0.15) is 5.76 Å². The van der Waals surface area contributed by atoms with Gasteiger partial charge in [0, 0.05) is 6.08 Å². The van der Waals surface area contributed by atoms with Crippen molar-refractivity contribution >= 4 is 27.5 Å². The molecule has 0 saturated heterocycles. The number of carbonyl (C=O) groups excluding carboxylic acids is 1. The van der Waals surface area contributed by atoms with E-state index in [4.69, 9.17) is 4.42 Å². The molecule has 2 rings (SSSR count). The van der Waals surface area contributed by atoms with E-state index in [1.54, 1.807) is 12.1 Å². The van der Waals surface area contributed by atoms with Gasteiger partial charge in [-0.2, -0.15) is 8.78 Å². The topological polar surface area (TPSA) is 76.4 Å². The lowest BCUT2D eigenvalue weighted by Crippen LogP contribution is -2.16. The maximum atomic E-state index is 12.6. The van der Waals surface area contributed by atoms with E-state index in [-0.39, 0.29) is 5.69 Å². The molecule has 8 heteroatoms. The fraction of sp³-hybridized carbons (Fsp3) is 0.0714. The molecule has 2 aromatic rings. The number of carbonyl (C=O) groups is 1. The number of rotatable bonds is 5. The number of para-hydroxylation sites is 1. The number of hydrogen-bond donors (Lipinski definition) is 1. The molecular weight excluding hydrogens is 316 g/mol. The van der Waals surface area contributed by atoms with Gasteiger partial charge in [-0.25, -0.2) is 8.42 Å². The van der Waals surface area contributed by atoms with Gasteiger partial charge in [0.15, 0.2) is 0 Å². The van der Waals surface area contributed by atoms with Crippen LogP contribution in [0.5, 0.6) is 0 Å². The van der Waals surface area contributed by atoms with Crippen LogP contribution in [0.4, 0.5) is 14.5 Å². The van der Waals surface area contributed by atoms with E-state index in [0.717, 1.165) is 12.1 Å². The third-order valence-electron chi connectivity index (χ3n) is 2.63. The highest BCUT2D eigenvalue weighted by Crippen LogP contribution is 2.26. The minimum Gasteiger partial charge on any atom is -0.465 e. The van der Waals surface area contributed by atoms with Crippen LogP contribution in [0.25, 0.3) is 6.08 Å². The Morgan fingerprint density at radius 3 is 2.55 bits per heavy atom. The molecule has 0 radical (unpaired) electrons. The minimum absolute atomic E-state index is 0.211. The van der Waals surface area contributed by atoms with Crippen molar-refractivity contribution in [2.75, 3.05) is 5.32 Å². The molecule has 0 spiro atoms. The van der Waals surface area contributed by atoms with Gasteiger partial charge in [0.2, 0.25) is 15.7 Å². The Morgan fingerprint density at radius 1 is 1.18 bits per heavy atom. The highest BCUT2D eigenvalue weighted by atomic mass is 32.2. The van der Waals surface area contributed by atoms with Gasteiger partial charge in [0.1, 0.15) is 5.76 Å². The Hall–Kier alpha value is -2.48. The van der Waals surface area contributed by atoms with Crippen molar-refractivity contribution in [1.82, 2.24) is 0 Å². The first kappa shape index (κ1) is 15.9. The monoisotopic (exact) mass is 327 g/mol. The van der Waals surface area contributed by atoms with Crippen LogP contribution in [0, 0.1) is 0 Å². The van der Waals surface area contributed by atoms with E-state index in [9.17, 15) is 22.0 Å². The second-order valence-electron chi connectivity index (χ2n) is 4.14. The molecule has 0 bridgehead atoms. The highest BCUT2D eigenvalue weighted by Gasteiger charge is 2.29. The molecule has 5 nitrogen and oxygen atoms in total. The first-order valence-corrected chi connectivity index (χ1v) is 7.59. The molecule has 0 atom stereocenters. The van der Waals surface area contributed by atoms with Crippen molar-refractivity contribution in [3.05, 3.63) is 54.5 Å². The van der Waals surface area contributed by atoms with Gasteiger partial charge in [0.25, 0.3) is 0 Å². The second kappa shape index (κ2) is 6.52. The fourth-order valence-electron chi connectivity index (χ4n) is 1.63. The van der Waals surface area contributed by atoms with Crippen molar-refractivity contribution in [3.8, 4) is 0 Å². The Labute approximate surface area is 125 Å². The molecule has 1 heterocycles. The zero-order valence-corrected chi connectivity index (χ0v) is 11.9. The average Bonchev–Trinajstić information content (AvgIpc) is 2.98. The predicted octanol–water partition coefficient (Wildman–Crippen LogP) is 2.93. The molecule has 1 aromatic carbocycles. The lowest BCUT2D eigenvalue weighted by atomic mass is 10.3. The summed E-state index contributed by atoms with van der Waals surface area (Å²) in [4.78, 5) is 11.1. The van der Waals surface area contributed by atoms with Crippen LogP contribution in [0.15, 0.2) is 58.1 Å². The van der Waals surface area contributed by atoms with Crippen molar-refractivity contribution in [2.24, 2.45) is 0 Å². The first-order valence-electron chi connectivity index (χ1n) is 6.05. The predicted molar refractivity (Wildman–Crippen MR) is 76.0 cm³/mol. The lowest BCUT2D eigenvalue weighted by molar-refractivity contribution is -0.111. The van der Waals surface area contributed by atoms with Crippen LogP contribution in [0.3, 0.4) is 0 Å². The highest BCUT2D eigenvalue weighted by molar-refractivity contribution is 7.91. The molecule has 1 N–H and O–H groups in total. The first-order chi connectivity index (χ1) is 10.4. The molecule has 0 unspecified atom stereocenters. The molecular formula is C14H11F2NO4S. The van der Waals surface area contributed by atoms with Crippen LogP contribution >= 0.6 is 0 Å². The summed E-state index contributed by atoms with van der Waals surface area (Å²) in [6, 6.07) is 8.20. The fourth-order valence-corrected chi connectivity index (χ4v) is 2.52. The molecule has 0 aliphatic heterocycles. The number of halogens is 2. The third-order valence-corrected chi connectivity index (χ3v) is 4.07. The van der Waals surface area contributed by atoms with E-state index in [1.165, 1.54) is 30.5 Å². The van der Waals surface area contributed by atoms with Crippen molar-refractivity contribution < 1.29 is 26.4 Å². The second-order valence-corrected chi connectivity index (χ2v) is 6.03. The standard InChI is InChI=1S/C14H11F2NO4S/c15-14(16)22(19,20)12-6-2-1-5-11(12)17-13(18)8-7-10-4-3-9-21-10/h1-9,14H,(H,17,18)/b8-7+. The number of alkyl halides is 2. The lowest BCUT2D eigenvalue weighted by Gasteiger charge is -2.09. The van der Waals surface area contributed by atoms with Gasteiger partial charge >= 0.3 is 5.76 Å². The summed E-state index contributed by atoms with van der Waals surface area (Å²) in [5.41, 5.74) is -0.211. The molecule has 0 aliphatic carbocycles. The third kappa shape index (κ3) is 3.59. The van der Waals surface area contributed by atoms with E-state index in [0.29, 0.717) is 5.76 Å². The van der Waals surface area contributed by atoms with E-state index in [2.05, 4.69) is 5.32 Å². The summed E-state index contributed by atoms with van der Waals surface area (Å²) in [7, 11) is -4.80. The summed E-state index contributed by atoms with van der Waals surface area (Å²) < 4.78 is 53.3. The Kier molecular flexibility index (Phi) is 4.71. The molecule has 116 valence electrons. The van der Waals surface area contributed by atoms with Crippen molar-refractivity contribution in [2.45, 2.75) is 10.7 Å². The summed E-state index contributed by atoms with van der Waals surface area (Å²) in [5.74, 6) is -3.82. The van der Waals surface area contributed by atoms with Gasteiger partial charge in [-0.3, -0.25) is 4.79 Å². The van der Waals surface area contributed by atoms with Crippen LogP contribution in [-0.2, 0) is 14.6 Å². The Morgan fingerprint density at radius 2 is 1.91 bits per heavy atom. The average molecular weight is 327 g/mol. The maximum absolute atomic E-state index is 12.6. The molecule has 1 aromatic heterocycles. The van der Waals surface area contributed by atoms with E-state index in [1.807, 2.05) is 0 Å². The SMILES string of the molecule is O=C(/C=C/c1ccco1)Nc1ccccc1S(=O)(=O)C(F)F. The normalized spacial score (nSPS) is 12.0. The van der Waals surface area contributed by atoms with Gasteiger partial charge in [0.05, 0.1) is 16.8 Å².